The number of hydrogen-bond acceptors (Lipinski definition) is 8. The van der Waals surface area contributed by atoms with E-state index in [4.69, 9.17) is 4.74 Å². The molecule has 1 saturated heterocycles. The van der Waals surface area contributed by atoms with Crippen molar-refractivity contribution in [2.75, 3.05) is 49.3 Å². The van der Waals surface area contributed by atoms with Gasteiger partial charge in [0.15, 0.2) is 0 Å². The molecule has 1 aromatic heterocycles. The number of thioether (sulfide) groups is 1. The molecule has 11 heteroatoms. The van der Waals surface area contributed by atoms with Gasteiger partial charge in [0.05, 0.1) is 12.9 Å². The first kappa shape index (κ1) is 22.6. The molecule has 1 aliphatic heterocycles. The van der Waals surface area contributed by atoms with Gasteiger partial charge in [-0.1, -0.05) is 23.9 Å². The van der Waals surface area contributed by atoms with Crippen molar-refractivity contribution in [2.45, 2.75) is 12.1 Å². The van der Waals surface area contributed by atoms with Crippen LogP contribution in [0.1, 0.15) is 6.92 Å². The van der Waals surface area contributed by atoms with Gasteiger partial charge in [-0.3, -0.25) is 9.59 Å². The third-order valence-corrected chi connectivity index (χ3v) is 6.25. The fourth-order valence-electron chi connectivity index (χ4n) is 3.59. The summed E-state index contributed by atoms with van der Waals surface area (Å²) < 4.78 is 6.93. The summed E-state index contributed by atoms with van der Waals surface area (Å²) in [6, 6.07) is 15.1. The van der Waals surface area contributed by atoms with E-state index < -0.39 is 0 Å². The molecule has 0 spiro atoms. The molecule has 1 N–H and O–H groups in total. The Morgan fingerprint density at radius 2 is 1.79 bits per heavy atom. The molecule has 2 aromatic carbocycles. The summed E-state index contributed by atoms with van der Waals surface area (Å²) >= 11 is 1.24. The van der Waals surface area contributed by atoms with Gasteiger partial charge in [-0.25, -0.2) is 0 Å². The molecule has 4 rings (SSSR count). The Labute approximate surface area is 195 Å². The average molecular weight is 468 g/mol. The second-order valence-corrected chi connectivity index (χ2v) is 8.36. The number of nitrogens with one attached hydrogen (secondary N) is 1. The highest BCUT2D eigenvalue weighted by Gasteiger charge is 2.19. The van der Waals surface area contributed by atoms with E-state index in [9.17, 15) is 9.59 Å². The number of carbonyl (C=O) groups excluding carboxylic acids is 2. The quantitative estimate of drug-likeness (QED) is 0.527. The zero-order valence-corrected chi connectivity index (χ0v) is 19.3. The smallest absolute Gasteiger partial charge is 0.234 e. The molecule has 33 heavy (non-hydrogen) atoms. The Hall–Kier alpha value is -3.60. The Kier molecular flexibility index (Phi) is 7.08. The summed E-state index contributed by atoms with van der Waals surface area (Å²) in [6.45, 7) is 4.63. The summed E-state index contributed by atoms with van der Waals surface area (Å²) in [5, 5.41) is 15.2. The van der Waals surface area contributed by atoms with E-state index in [0.717, 1.165) is 37.6 Å². The van der Waals surface area contributed by atoms with E-state index in [0.29, 0.717) is 16.6 Å². The van der Waals surface area contributed by atoms with Gasteiger partial charge in [0.1, 0.15) is 11.4 Å². The largest absolute Gasteiger partial charge is 0.494 e. The highest BCUT2D eigenvalue weighted by Crippen LogP contribution is 2.26. The second kappa shape index (κ2) is 10.3. The summed E-state index contributed by atoms with van der Waals surface area (Å²) in [4.78, 5) is 28.1. The van der Waals surface area contributed by atoms with Gasteiger partial charge in [0.25, 0.3) is 0 Å². The molecule has 0 saturated carbocycles. The number of hydrogen-bond donors (Lipinski definition) is 1. The molecule has 0 radical (unpaired) electrons. The molecule has 10 nitrogen and oxygen atoms in total. The minimum Gasteiger partial charge on any atom is -0.494 e. The van der Waals surface area contributed by atoms with Crippen LogP contribution in [0, 0.1) is 0 Å². The molecule has 3 aromatic rings. The first-order valence-corrected chi connectivity index (χ1v) is 11.5. The zero-order valence-electron chi connectivity index (χ0n) is 18.5. The number of aromatic nitrogens is 4. The maximum atomic E-state index is 12.5. The van der Waals surface area contributed by atoms with E-state index in [2.05, 4.69) is 25.7 Å². The second-order valence-electron chi connectivity index (χ2n) is 7.42. The van der Waals surface area contributed by atoms with Crippen molar-refractivity contribution in [3.05, 3.63) is 48.5 Å². The first-order chi connectivity index (χ1) is 16.0. The molecular weight excluding hydrogens is 442 g/mol. The molecule has 2 heterocycles. The standard InChI is InChI=1S/C22H25N7O3S/c1-16(30)27-11-13-28(14-12-27)18-9-7-17(8-10-18)23-21(31)15-33-22-24-25-26-29(22)19-5-3-4-6-20(19)32-2/h3-10H,11-15H2,1-2H3,(H,23,31). The van der Waals surface area contributed by atoms with E-state index in [1.807, 2.05) is 53.4 Å². The number of tetrazole rings is 1. The van der Waals surface area contributed by atoms with Crippen molar-refractivity contribution in [1.29, 1.82) is 0 Å². The molecule has 172 valence electrons. The van der Waals surface area contributed by atoms with Crippen molar-refractivity contribution in [2.24, 2.45) is 0 Å². The van der Waals surface area contributed by atoms with Crippen molar-refractivity contribution in [3.63, 3.8) is 0 Å². The van der Waals surface area contributed by atoms with E-state index in [-0.39, 0.29) is 17.6 Å². The van der Waals surface area contributed by atoms with Gasteiger partial charge in [0.2, 0.25) is 17.0 Å². The molecule has 2 amide bonds. The van der Waals surface area contributed by atoms with Crippen molar-refractivity contribution < 1.29 is 14.3 Å². The van der Waals surface area contributed by atoms with Crippen molar-refractivity contribution >= 4 is 35.0 Å². The fraction of sp³-hybridized carbons (Fsp3) is 0.318. The zero-order chi connectivity index (χ0) is 23.2. The van der Waals surface area contributed by atoms with Crippen molar-refractivity contribution in [3.8, 4) is 11.4 Å². The minimum atomic E-state index is -0.155. The van der Waals surface area contributed by atoms with Crippen LogP contribution in [0.4, 0.5) is 11.4 Å². The Morgan fingerprint density at radius 3 is 2.48 bits per heavy atom. The highest BCUT2D eigenvalue weighted by molar-refractivity contribution is 7.99. The number of para-hydroxylation sites is 2. The molecular formula is C22H25N7O3S. The number of benzene rings is 2. The van der Waals surface area contributed by atoms with Crippen molar-refractivity contribution in [1.82, 2.24) is 25.1 Å². The number of rotatable bonds is 7. The van der Waals surface area contributed by atoms with Gasteiger partial charge in [0, 0.05) is 44.5 Å². The van der Waals surface area contributed by atoms with Crippen LogP contribution in [0.2, 0.25) is 0 Å². The van der Waals surface area contributed by atoms with Crippen LogP contribution >= 0.6 is 11.8 Å². The maximum Gasteiger partial charge on any atom is 0.234 e. The normalized spacial score (nSPS) is 13.6. The lowest BCUT2D eigenvalue weighted by Gasteiger charge is -2.35. The molecule has 0 bridgehead atoms. The lowest BCUT2D eigenvalue weighted by atomic mass is 10.2. The predicted octanol–water partition coefficient (Wildman–Crippen LogP) is 2.07. The summed E-state index contributed by atoms with van der Waals surface area (Å²) in [6.07, 6.45) is 0. The van der Waals surface area contributed by atoms with Gasteiger partial charge in [-0.15, -0.1) is 5.10 Å². The topological polar surface area (TPSA) is 105 Å². The van der Waals surface area contributed by atoms with E-state index in [1.54, 1.807) is 18.7 Å². The number of ether oxygens (including phenoxy) is 1. The fourth-order valence-corrected chi connectivity index (χ4v) is 4.27. The Morgan fingerprint density at radius 1 is 1.06 bits per heavy atom. The molecule has 0 unspecified atom stereocenters. The third kappa shape index (κ3) is 5.43. The van der Waals surface area contributed by atoms with Crippen LogP contribution < -0.4 is 15.0 Å². The first-order valence-electron chi connectivity index (χ1n) is 10.5. The minimum absolute atomic E-state index is 0.113. The number of methoxy groups -OCH3 is 1. The predicted molar refractivity (Wildman–Crippen MR) is 126 cm³/mol. The maximum absolute atomic E-state index is 12.5. The summed E-state index contributed by atoms with van der Waals surface area (Å²) in [5.41, 5.74) is 2.49. The Bertz CT molecular complexity index is 1110. The van der Waals surface area contributed by atoms with Gasteiger partial charge in [-0.2, -0.15) is 4.68 Å². The van der Waals surface area contributed by atoms with Gasteiger partial charge >= 0.3 is 0 Å². The monoisotopic (exact) mass is 467 g/mol. The summed E-state index contributed by atoms with van der Waals surface area (Å²) in [5.74, 6) is 0.753. The van der Waals surface area contributed by atoms with Gasteiger partial charge in [-0.05, 0) is 46.8 Å². The third-order valence-electron chi connectivity index (χ3n) is 5.33. The van der Waals surface area contributed by atoms with Gasteiger partial charge < -0.3 is 19.9 Å². The SMILES string of the molecule is COc1ccccc1-n1nnnc1SCC(=O)Nc1ccc(N2CCN(C(C)=O)CC2)cc1. The van der Waals surface area contributed by atoms with Crippen LogP contribution in [-0.2, 0) is 9.59 Å². The summed E-state index contributed by atoms with van der Waals surface area (Å²) in [7, 11) is 1.58. The van der Waals surface area contributed by atoms with Crippen LogP contribution in [0.5, 0.6) is 5.75 Å². The number of carbonyl (C=O) groups is 2. The van der Waals surface area contributed by atoms with Crippen LogP contribution in [-0.4, -0.2) is 76.0 Å². The number of amides is 2. The number of nitrogens with zero attached hydrogens (tertiary/aromatic N) is 6. The highest BCUT2D eigenvalue weighted by atomic mass is 32.2. The number of piperazine rings is 1. The average Bonchev–Trinajstić information content (AvgIpc) is 3.32. The lowest BCUT2D eigenvalue weighted by Crippen LogP contribution is -2.48. The molecule has 1 aliphatic rings. The lowest BCUT2D eigenvalue weighted by molar-refractivity contribution is -0.129. The molecule has 0 aliphatic carbocycles. The molecule has 1 fully saturated rings. The van der Waals surface area contributed by atoms with E-state index in [1.165, 1.54) is 11.8 Å². The van der Waals surface area contributed by atoms with E-state index >= 15 is 0 Å². The Balaban J connectivity index is 1.31. The number of anilines is 2. The van der Waals surface area contributed by atoms with Crippen LogP contribution in [0.25, 0.3) is 5.69 Å². The molecule has 0 atom stereocenters. The van der Waals surface area contributed by atoms with Crippen LogP contribution in [0.3, 0.4) is 0 Å². The van der Waals surface area contributed by atoms with Crippen LogP contribution in [0.15, 0.2) is 53.7 Å².